The van der Waals surface area contributed by atoms with Crippen LogP contribution in [0.25, 0.3) is 16.8 Å². The molecule has 1 amide bonds. The van der Waals surface area contributed by atoms with Crippen LogP contribution in [0.5, 0.6) is 17.2 Å². The average molecular weight is 482 g/mol. The van der Waals surface area contributed by atoms with Gasteiger partial charge in [0.05, 0.1) is 44.0 Å². The van der Waals surface area contributed by atoms with Crippen LogP contribution in [0.1, 0.15) is 28.8 Å². The summed E-state index contributed by atoms with van der Waals surface area (Å²) in [6, 6.07) is 10.6. The van der Waals surface area contributed by atoms with Crippen molar-refractivity contribution in [2.45, 2.75) is 20.3 Å². The zero-order valence-corrected chi connectivity index (χ0v) is 20.2. The summed E-state index contributed by atoms with van der Waals surface area (Å²) in [6.07, 6.45) is 0.660. The second-order valence-electron chi connectivity index (χ2n) is 7.41. The largest absolute Gasteiger partial charge is 0.495 e. The number of methoxy groups -OCH3 is 3. The van der Waals surface area contributed by atoms with Crippen LogP contribution in [0.3, 0.4) is 0 Å². The maximum atomic E-state index is 13.1. The number of carbonyl (C=O) groups excluding carboxylic acids is 1. The van der Waals surface area contributed by atoms with Crippen molar-refractivity contribution in [1.82, 2.24) is 19.8 Å². The molecule has 0 spiro atoms. The fourth-order valence-corrected chi connectivity index (χ4v) is 3.93. The zero-order valence-electron chi connectivity index (χ0n) is 19.5. The number of halogens is 1. The predicted molar refractivity (Wildman–Crippen MR) is 129 cm³/mol. The lowest BCUT2D eigenvalue weighted by atomic mass is 10.0. The third-order valence-corrected chi connectivity index (χ3v) is 5.71. The van der Waals surface area contributed by atoms with Gasteiger partial charge in [-0.3, -0.25) is 4.79 Å². The fraction of sp³-hybridized carbons (Fsp3) is 0.250. The van der Waals surface area contributed by atoms with Crippen LogP contribution in [0.4, 0.5) is 5.69 Å². The molecule has 0 atom stereocenters. The number of rotatable bonds is 7. The Hall–Kier alpha value is -3.85. The van der Waals surface area contributed by atoms with Crippen LogP contribution in [0.15, 0.2) is 36.4 Å². The van der Waals surface area contributed by atoms with E-state index in [1.165, 1.54) is 7.11 Å². The van der Waals surface area contributed by atoms with E-state index in [-0.39, 0.29) is 5.69 Å². The van der Waals surface area contributed by atoms with Crippen molar-refractivity contribution in [3.63, 3.8) is 0 Å². The first-order valence-corrected chi connectivity index (χ1v) is 10.9. The van der Waals surface area contributed by atoms with Crippen LogP contribution in [-0.4, -0.2) is 47.0 Å². The SMILES string of the molecule is CCc1nn2c(C)c(C(=O)Nc3cc(Cl)ccc3OC)nnc2c1-c1ccc(OC)c(OC)c1. The van der Waals surface area contributed by atoms with Crippen LogP contribution < -0.4 is 19.5 Å². The highest BCUT2D eigenvalue weighted by Crippen LogP contribution is 2.36. The van der Waals surface area contributed by atoms with E-state index in [9.17, 15) is 4.79 Å². The number of carbonyl (C=O) groups is 1. The number of nitrogens with zero attached hydrogens (tertiary/aromatic N) is 4. The Balaban J connectivity index is 1.79. The lowest BCUT2D eigenvalue weighted by Crippen LogP contribution is -2.19. The maximum absolute atomic E-state index is 13.1. The summed E-state index contributed by atoms with van der Waals surface area (Å²) in [5, 5.41) is 16.6. The van der Waals surface area contributed by atoms with E-state index in [0.29, 0.717) is 45.7 Å². The number of hydrogen-bond donors (Lipinski definition) is 1. The van der Waals surface area contributed by atoms with Gasteiger partial charge in [0.25, 0.3) is 5.91 Å². The maximum Gasteiger partial charge on any atom is 0.278 e. The van der Waals surface area contributed by atoms with Gasteiger partial charge in [-0.2, -0.15) is 5.10 Å². The molecule has 0 bridgehead atoms. The first kappa shape index (κ1) is 23.3. The number of aromatic nitrogens is 4. The molecule has 0 unspecified atom stereocenters. The summed E-state index contributed by atoms with van der Waals surface area (Å²) in [5.74, 6) is 1.25. The zero-order chi connectivity index (χ0) is 24.4. The molecule has 9 nitrogen and oxygen atoms in total. The van der Waals surface area contributed by atoms with Crippen molar-refractivity contribution in [2.75, 3.05) is 26.6 Å². The van der Waals surface area contributed by atoms with E-state index in [1.807, 2.05) is 25.1 Å². The Bertz CT molecular complexity index is 1390. The van der Waals surface area contributed by atoms with Crippen molar-refractivity contribution in [2.24, 2.45) is 0 Å². The predicted octanol–water partition coefficient (Wildman–Crippen LogP) is 4.59. The Morgan fingerprint density at radius 3 is 2.38 bits per heavy atom. The van der Waals surface area contributed by atoms with Crippen LogP contribution >= 0.6 is 11.6 Å². The third-order valence-electron chi connectivity index (χ3n) is 5.47. The number of ether oxygens (including phenoxy) is 3. The molecule has 4 aromatic rings. The quantitative estimate of drug-likeness (QED) is 0.412. The van der Waals surface area contributed by atoms with Gasteiger partial charge >= 0.3 is 0 Å². The van der Waals surface area contributed by atoms with Crippen molar-refractivity contribution in [1.29, 1.82) is 0 Å². The topological polar surface area (TPSA) is 99.9 Å². The third kappa shape index (κ3) is 4.10. The highest BCUT2D eigenvalue weighted by atomic mass is 35.5. The molecule has 0 aliphatic heterocycles. The molecule has 0 aliphatic rings. The van der Waals surface area contributed by atoms with Gasteiger partial charge in [0.15, 0.2) is 22.8 Å². The molecule has 4 rings (SSSR count). The molecule has 2 heterocycles. The number of aryl methyl sites for hydroxylation is 2. The number of amides is 1. The molecule has 10 heteroatoms. The van der Waals surface area contributed by atoms with E-state index in [0.717, 1.165) is 16.8 Å². The average Bonchev–Trinajstić information content (AvgIpc) is 3.23. The fourth-order valence-electron chi connectivity index (χ4n) is 3.75. The van der Waals surface area contributed by atoms with Crippen molar-refractivity contribution >= 4 is 28.8 Å². The summed E-state index contributed by atoms with van der Waals surface area (Å²) in [5.41, 5.74) is 4.16. The van der Waals surface area contributed by atoms with Crippen LogP contribution in [0, 0.1) is 6.92 Å². The van der Waals surface area contributed by atoms with Crippen molar-refractivity contribution < 1.29 is 19.0 Å². The van der Waals surface area contributed by atoms with Gasteiger partial charge in [-0.1, -0.05) is 24.6 Å². The standard InChI is InChI=1S/C24H24ClN5O4/c1-6-16-21(14-7-9-19(33-4)20(11-14)34-5)23-28-27-22(13(2)30(23)29-16)24(31)26-17-12-15(25)8-10-18(17)32-3/h7-12H,6H2,1-5H3,(H,26,31). The highest BCUT2D eigenvalue weighted by molar-refractivity contribution is 6.31. The Morgan fingerprint density at radius 1 is 1.00 bits per heavy atom. The number of nitrogens with one attached hydrogen (secondary N) is 1. The van der Waals surface area contributed by atoms with E-state index < -0.39 is 5.91 Å². The molecule has 2 aromatic carbocycles. The monoisotopic (exact) mass is 481 g/mol. The van der Waals surface area contributed by atoms with Crippen molar-refractivity contribution in [3.05, 3.63) is 58.5 Å². The van der Waals surface area contributed by atoms with Crippen LogP contribution in [-0.2, 0) is 6.42 Å². The minimum atomic E-state index is -0.450. The molecule has 0 fully saturated rings. The van der Waals surface area contributed by atoms with Gasteiger partial charge in [-0.15, -0.1) is 10.2 Å². The first-order chi connectivity index (χ1) is 16.4. The Morgan fingerprint density at radius 2 is 1.71 bits per heavy atom. The molecule has 0 saturated carbocycles. The molecule has 176 valence electrons. The number of benzene rings is 2. The van der Waals surface area contributed by atoms with Gasteiger partial charge in [-0.05, 0) is 49.2 Å². The Kier molecular flexibility index (Phi) is 6.56. The number of fused-ring (bicyclic) bond motifs is 1. The summed E-state index contributed by atoms with van der Waals surface area (Å²) in [6.45, 7) is 3.78. The van der Waals surface area contributed by atoms with Crippen molar-refractivity contribution in [3.8, 4) is 28.4 Å². The van der Waals surface area contributed by atoms with E-state index in [2.05, 4.69) is 15.5 Å². The molecular weight excluding hydrogens is 458 g/mol. The second kappa shape index (κ2) is 9.56. The van der Waals surface area contributed by atoms with E-state index >= 15 is 0 Å². The van der Waals surface area contributed by atoms with Gasteiger partial charge in [0, 0.05) is 5.02 Å². The lowest BCUT2D eigenvalue weighted by Gasteiger charge is -2.11. The molecule has 1 N–H and O–H groups in total. The highest BCUT2D eigenvalue weighted by Gasteiger charge is 2.22. The van der Waals surface area contributed by atoms with Gasteiger partial charge < -0.3 is 19.5 Å². The lowest BCUT2D eigenvalue weighted by molar-refractivity contribution is 0.101. The number of anilines is 1. The van der Waals surface area contributed by atoms with Gasteiger partial charge in [0.2, 0.25) is 0 Å². The smallest absolute Gasteiger partial charge is 0.278 e. The molecule has 0 saturated heterocycles. The minimum absolute atomic E-state index is 0.138. The molecule has 0 radical (unpaired) electrons. The minimum Gasteiger partial charge on any atom is -0.495 e. The van der Waals surface area contributed by atoms with Gasteiger partial charge in [-0.25, -0.2) is 4.52 Å². The first-order valence-electron chi connectivity index (χ1n) is 10.5. The normalized spacial score (nSPS) is 10.9. The summed E-state index contributed by atoms with van der Waals surface area (Å²) < 4.78 is 17.8. The molecule has 2 aromatic heterocycles. The van der Waals surface area contributed by atoms with E-state index in [4.69, 9.17) is 30.9 Å². The van der Waals surface area contributed by atoms with Gasteiger partial charge in [0.1, 0.15) is 5.75 Å². The summed E-state index contributed by atoms with van der Waals surface area (Å²) >= 11 is 6.08. The number of hydrogen-bond acceptors (Lipinski definition) is 7. The molecular formula is C24H24ClN5O4. The second-order valence-corrected chi connectivity index (χ2v) is 7.85. The molecule has 34 heavy (non-hydrogen) atoms. The van der Waals surface area contributed by atoms with Crippen LogP contribution in [0.2, 0.25) is 5.02 Å². The summed E-state index contributed by atoms with van der Waals surface area (Å²) in [4.78, 5) is 13.1. The molecule has 0 aliphatic carbocycles. The Labute approximate surface area is 201 Å². The van der Waals surface area contributed by atoms with E-state index in [1.54, 1.807) is 43.9 Å². The summed E-state index contributed by atoms with van der Waals surface area (Å²) in [7, 11) is 4.69.